The van der Waals surface area contributed by atoms with E-state index in [0.717, 1.165) is 22.6 Å². The van der Waals surface area contributed by atoms with Crippen molar-refractivity contribution in [3.8, 4) is 23.2 Å². The number of aromatic nitrogens is 1. The number of benzene rings is 2. The second-order valence-corrected chi connectivity index (χ2v) is 10.4. The highest BCUT2D eigenvalue weighted by molar-refractivity contribution is 5.74. The van der Waals surface area contributed by atoms with Gasteiger partial charge in [0, 0.05) is 36.0 Å². The smallest absolute Gasteiger partial charge is 0.211 e. The third-order valence-electron chi connectivity index (χ3n) is 7.11. The predicted octanol–water partition coefficient (Wildman–Crippen LogP) is 5.72. The van der Waals surface area contributed by atoms with Gasteiger partial charge in [0.25, 0.3) is 0 Å². The van der Waals surface area contributed by atoms with Crippen LogP contribution in [0, 0.1) is 0 Å². The van der Waals surface area contributed by atoms with Crippen molar-refractivity contribution in [2.75, 3.05) is 11.9 Å². The Morgan fingerprint density at radius 1 is 0.938 bits per heavy atom. The SMILES string of the molecule is CN1c2ccc(-n3c(O)ccc3O)cc2C(C)(C)C12C=Cc1cccc(C(C)(C)C)c1O2. The molecule has 2 aromatic carbocycles. The molecule has 0 saturated carbocycles. The largest absolute Gasteiger partial charge is 0.494 e. The minimum Gasteiger partial charge on any atom is -0.494 e. The van der Waals surface area contributed by atoms with E-state index < -0.39 is 11.1 Å². The molecule has 3 aromatic rings. The van der Waals surface area contributed by atoms with Crippen LogP contribution in [0.3, 0.4) is 0 Å². The molecule has 0 amide bonds. The number of hydrogen-bond donors (Lipinski definition) is 2. The van der Waals surface area contributed by atoms with Crippen LogP contribution in [0.2, 0.25) is 0 Å². The van der Waals surface area contributed by atoms with Crippen molar-refractivity contribution in [1.29, 1.82) is 0 Å². The van der Waals surface area contributed by atoms with E-state index in [1.165, 1.54) is 22.3 Å². The first-order valence-electron chi connectivity index (χ1n) is 11.0. The lowest BCUT2D eigenvalue weighted by Crippen LogP contribution is -2.58. The highest BCUT2D eigenvalue weighted by Gasteiger charge is 2.58. The average molecular weight is 431 g/mol. The van der Waals surface area contributed by atoms with Crippen LogP contribution in [0.25, 0.3) is 11.8 Å². The number of hydrogen-bond acceptors (Lipinski definition) is 4. The van der Waals surface area contributed by atoms with Gasteiger partial charge in [-0.1, -0.05) is 39.0 Å². The first kappa shape index (κ1) is 20.6. The van der Waals surface area contributed by atoms with Gasteiger partial charge < -0.3 is 19.8 Å². The number of likely N-dealkylation sites (N-methyl/N-ethyl adjacent to an activating group) is 1. The molecule has 2 aliphatic rings. The van der Waals surface area contributed by atoms with Gasteiger partial charge in [0.05, 0.1) is 11.1 Å². The number of aromatic hydroxyl groups is 2. The lowest BCUT2D eigenvalue weighted by molar-refractivity contribution is 0.0562. The van der Waals surface area contributed by atoms with Gasteiger partial charge >= 0.3 is 0 Å². The summed E-state index contributed by atoms with van der Waals surface area (Å²) in [6.45, 7) is 11.0. The summed E-state index contributed by atoms with van der Waals surface area (Å²) in [5, 5.41) is 20.5. The van der Waals surface area contributed by atoms with Crippen molar-refractivity contribution in [3.05, 3.63) is 71.3 Å². The second-order valence-electron chi connectivity index (χ2n) is 10.4. The van der Waals surface area contributed by atoms with Gasteiger partial charge in [-0.2, -0.15) is 0 Å². The molecule has 0 bridgehead atoms. The van der Waals surface area contributed by atoms with Crippen molar-refractivity contribution >= 4 is 11.8 Å². The zero-order chi connectivity index (χ0) is 23.1. The Morgan fingerprint density at radius 3 is 2.28 bits per heavy atom. The lowest BCUT2D eigenvalue weighted by Gasteiger charge is -2.46. The van der Waals surface area contributed by atoms with Crippen LogP contribution in [0.4, 0.5) is 5.69 Å². The van der Waals surface area contributed by atoms with Crippen LogP contribution < -0.4 is 9.64 Å². The molecule has 32 heavy (non-hydrogen) atoms. The quantitative estimate of drug-likeness (QED) is 0.519. The van der Waals surface area contributed by atoms with Crippen molar-refractivity contribution in [3.63, 3.8) is 0 Å². The van der Waals surface area contributed by atoms with Gasteiger partial charge in [-0.05, 0) is 55.2 Å². The van der Waals surface area contributed by atoms with Gasteiger partial charge in [-0.25, -0.2) is 0 Å². The van der Waals surface area contributed by atoms with Crippen LogP contribution in [0.1, 0.15) is 51.3 Å². The number of para-hydroxylation sites is 1. The van der Waals surface area contributed by atoms with E-state index in [1.807, 2.05) is 18.2 Å². The van der Waals surface area contributed by atoms with Crippen molar-refractivity contribution in [2.24, 2.45) is 0 Å². The van der Waals surface area contributed by atoms with Gasteiger partial charge in [-0.15, -0.1) is 0 Å². The van der Waals surface area contributed by atoms with Crippen molar-refractivity contribution < 1.29 is 14.9 Å². The van der Waals surface area contributed by atoms with Gasteiger partial charge in [0.1, 0.15) is 5.75 Å². The summed E-state index contributed by atoms with van der Waals surface area (Å²) in [4.78, 5) is 2.19. The van der Waals surface area contributed by atoms with E-state index in [2.05, 4.69) is 76.9 Å². The summed E-state index contributed by atoms with van der Waals surface area (Å²) < 4.78 is 8.40. The molecule has 1 atom stereocenters. The van der Waals surface area contributed by atoms with Crippen LogP contribution in [0.15, 0.2) is 54.6 Å². The Hall–Kier alpha value is -3.34. The maximum Gasteiger partial charge on any atom is 0.211 e. The number of ether oxygens (including phenoxy) is 1. The van der Waals surface area contributed by atoms with Crippen LogP contribution in [0.5, 0.6) is 17.5 Å². The Morgan fingerprint density at radius 2 is 1.62 bits per heavy atom. The summed E-state index contributed by atoms with van der Waals surface area (Å²) >= 11 is 0. The van der Waals surface area contributed by atoms with Crippen LogP contribution >= 0.6 is 0 Å². The van der Waals surface area contributed by atoms with Gasteiger partial charge in [-0.3, -0.25) is 4.57 Å². The maximum absolute atomic E-state index is 10.2. The average Bonchev–Trinajstić information content (AvgIpc) is 3.15. The Balaban J connectivity index is 1.66. The maximum atomic E-state index is 10.2. The molecule has 1 spiro atoms. The van der Waals surface area contributed by atoms with E-state index >= 15 is 0 Å². The molecule has 1 aromatic heterocycles. The molecule has 5 rings (SSSR count). The van der Waals surface area contributed by atoms with Gasteiger partial charge in [0.2, 0.25) is 5.72 Å². The van der Waals surface area contributed by atoms with Gasteiger partial charge in [0.15, 0.2) is 11.8 Å². The molecule has 3 heterocycles. The minimum absolute atomic E-state index is 0.00104. The fourth-order valence-electron chi connectivity index (χ4n) is 5.23. The Labute approximate surface area is 189 Å². The van der Waals surface area contributed by atoms with Crippen LogP contribution in [-0.2, 0) is 10.8 Å². The number of rotatable bonds is 1. The summed E-state index contributed by atoms with van der Waals surface area (Å²) in [5.74, 6) is 0.925. The second kappa shape index (κ2) is 6.35. The normalized spacial score (nSPS) is 20.9. The number of nitrogens with zero attached hydrogens (tertiary/aromatic N) is 2. The zero-order valence-corrected chi connectivity index (χ0v) is 19.5. The van der Waals surface area contributed by atoms with Crippen LogP contribution in [-0.4, -0.2) is 27.6 Å². The number of fused-ring (bicyclic) bond motifs is 2. The molecule has 0 aliphatic carbocycles. The highest BCUT2D eigenvalue weighted by Crippen LogP contribution is 2.55. The summed E-state index contributed by atoms with van der Waals surface area (Å²) in [6, 6.07) is 15.3. The van der Waals surface area contributed by atoms with E-state index in [9.17, 15) is 10.2 Å². The Kier molecular flexibility index (Phi) is 4.08. The first-order valence-corrected chi connectivity index (χ1v) is 11.0. The van der Waals surface area contributed by atoms with E-state index in [-0.39, 0.29) is 17.2 Å². The standard InChI is InChI=1S/C27H30N2O3/c1-25(2,3)19-9-7-8-17-14-15-27(32-24(17)19)26(4,5)20-16-18(10-11-21(20)28(27)6)29-22(30)12-13-23(29)31/h7-16,30-31H,1-6H3. The molecule has 1 unspecified atom stereocenters. The lowest BCUT2D eigenvalue weighted by atomic mass is 9.75. The van der Waals surface area contributed by atoms with Crippen molar-refractivity contribution in [2.45, 2.75) is 51.2 Å². The number of anilines is 1. The molecule has 166 valence electrons. The molecule has 2 N–H and O–H groups in total. The molecule has 0 saturated heterocycles. The van der Waals surface area contributed by atoms with E-state index in [4.69, 9.17) is 4.74 Å². The van der Waals surface area contributed by atoms with E-state index in [1.54, 1.807) is 0 Å². The summed E-state index contributed by atoms with van der Waals surface area (Å²) in [7, 11) is 2.06. The van der Waals surface area contributed by atoms with E-state index in [0.29, 0.717) is 5.69 Å². The molecule has 2 aliphatic heterocycles. The molecule has 0 fully saturated rings. The molecule has 5 heteroatoms. The fraction of sp³-hybridized carbons (Fsp3) is 0.333. The minimum atomic E-state index is -0.705. The predicted molar refractivity (Wildman–Crippen MR) is 128 cm³/mol. The summed E-state index contributed by atoms with van der Waals surface area (Å²) in [5.41, 5.74) is 3.96. The molecular formula is C27H30N2O3. The third-order valence-corrected chi connectivity index (χ3v) is 7.11. The molecule has 5 nitrogen and oxygen atoms in total. The molecular weight excluding hydrogens is 400 g/mol. The highest BCUT2D eigenvalue weighted by atomic mass is 16.5. The third kappa shape index (κ3) is 2.57. The summed E-state index contributed by atoms with van der Waals surface area (Å²) in [6.07, 6.45) is 4.33. The first-order chi connectivity index (χ1) is 15.0. The topological polar surface area (TPSA) is 57.9 Å². The van der Waals surface area contributed by atoms with Crippen molar-refractivity contribution in [1.82, 2.24) is 4.57 Å². The zero-order valence-electron chi connectivity index (χ0n) is 19.5. The fourth-order valence-corrected chi connectivity index (χ4v) is 5.23. The Bertz CT molecular complexity index is 1240. The molecule has 0 radical (unpaired) electrons. The monoisotopic (exact) mass is 430 g/mol.